The lowest BCUT2D eigenvalue weighted by Gasteiger charge is -2.26. The van der Waals surface area contributed by atoms with E-state index in [2.05, 4.69) is 0 Å². The molecule has 1 atom stereocenters. The maximum absolute atomic E-state index is 13.4. The molecule has 174 valence electrons. The van der Waals surface area contributed by atoms with Crippen molar-refractivity contribution >= 4 is 39.6 Å². The Morgan fingerprint density at radius 2 is 1.49 bits per heavy atom. The van der Waals surface area contributed by atoms with E-state index >= 15 is 0 Å². The molecule has 0 spiro atoms. The first-order valence-corrected chi connectivity index (χ1v) is 11.5. The molecule has 35 heavy (non-hydrogen) atoms. The van der Waals surface area contributed by atoms with E-state index < -0.39 is 17.7 Å². The lowest BCUT2D eigenvalue weighted by atomic mass is 9.94. The fourth-order valence-corrected chi connectivity index (χ4v) is 4.57. The Balaban J connectivity index is 1.71. The highest BCUT2D eigenvalue weighted by molar-refractivity contribution is 6.51. The van der Waals surface area contributed by atoms with Crippen molar-refractivity contribution in [2.45, 2.75) is 13.0 Å². The molecule has 1 aliphatic heterocycles. The summed E-state index contributed by atoms with van der Waals surface area (Å²) in [5.74, 6) is -1.53. The standard InChI is InChI=1S/C30H26N2O3/c1-19-8-14-25(15-9-19)32-27(21-12-16-24(17-13-21)31(2)3)26(29(34)30(32)35)28(33)23-11-10-20-6-4-5-7-22(20)18-23/h4-18,27,33H,1-3H3/b28-26-. The molecule has 5 heteroatoms. The fourth-order valence-electron chi connectivity index (χ4n) is 4.57. The quantitative estimate of drug-likeness (QED) is 0.235. The summed E-state index contributed by atoms with van der Waals surface area (Å²) in [6.45, 7) is 1.97. The SMILES string of the molecule is Cc1ccc(N2C(=O)C(=O)/C(=C(\O)c3ccc4ccccc4c3)C2c2ccc(N(C)C)cc2)cc1. The summed E-state index contributed by atoms with van der Waals surface area (Å²) in [5.41, 5.74) is 3.99. The monoisotopic (exact) mass is 462 g/mol. The van der Waals surface area contributed by atoms with Crippen molar-refractivity contribution in [2.24, 2.45) is 0 Å². The Morgan fingerprint density at radius 1 is 0.829 bits per heavy atom. The lowest BCUT2D eigenvalue weighted by Crippen LogP contribution is -2.29. The number of amides is 1. The number of benzene rings is 4. The molecule has 0 saturated carbocycles. The largest absolute Gasteiger partial charge is 0.507 e. The summed E-state index contributed by atoms with van der Waals surface area (Å²) in [6.07, 6.45) is 0. The van der Waals surface area contributed by atoms with E-state index in [4.69, 9.17) is 0 Å². The zero-order chi connectivity index (χ0) is 24.7. The number of Topliss-reactive ketones (excluding diaryl/α,β-unsaturated/α-hetero) is 1. The highest BCUT2D eigenvalue weighted by Gasteiger charge is 2.46. The van der Waals surface area contributed by atoms with Crippen LogP contribution >= 0.6 is 0 Å². The van der Waals surface area contributed by atoms with E-state index in [1.165, 1.54) is 4.90 Å². The maximum Gasteiger partial charge on any atom is 0.300 e. The molecule has 1 amide bonds. The second-order valence-corrected chi connectivity index (χ2v) is 9.05. The summed E-state index contributed by atoms with van der Waals surface area (Å²) in [6, 6.07) is 27.8. The predicted molar refractivity (Wildman–Crippen MR) is 141 cm³/mol. The Labute approximate surface area is 204 Å². The van der Waals surface area contributed by atoms with Crippen LogP contribution in [0.3, 0.4) is 0 Å². The average Bonchev–Trinajstić information content (AvgIpc) is 3.14. The van der Waals surface area contributed by atoms with Gasteiger partial charge in [0.2, 0.25) is 0 Å². The number of rotatable bonds is 4. The summed E-state index contributed by atoms with van der Waals surface area (Å²) < 4.78 is 0. The Morgan fingerprint density at radius 3 is 2.14 bits per heavy atom. The van der Waals surface area contributed by atoms with Gasteiger partial charge in [-0.25, -0.2) is 0 Å². The van der Waals surface area contributed by atoms with Crippen LogP contribution in [0.1, 0.15) is 22.7 Å². The third kappa shape index (κ3) is 3.95. The van der Waals surface area contributed by atoms with Crippen molar-refractivity contribution in [2.75, 3.05) is 23.9 Å². The smallest absolute Gasteiger partial charge is 0.300 e. The first-order valence-electron chi connectivity index (χ1n) is 11.5. The van der Waals surface area contributed by atoms with Gasteiger partial charge in [-0.05, 0) is 53.6 Å². The average molecular weight is 463 g/mol. The van der Waals surface area contributed by atoms with Gasteiger partial charge in [0.15, 0.2) is 0 Å². The number of hydrogen-bond donors (Lipinski definition) is 1. The molecule has 1 fully saturated rings. The molecule has 4 aromatic carbocycles. The highest BCUT2D eigenvalue weighted by atomic mass is 16.3. The van der Waals surface area contributed by atoms with Crippen LogP contribution in [0.15, 0.2) is 96.6 Å². The van der Waals surface area contributed by atoms with Crippen LogP contribution in [0.4, 0.5) is 11.4 Å². The summed E-state index contributed by atoms with van der Waals surface area (Å²) >= 11 is 0. The normalized spacial score (nSPS) is 17.2. The van der Waals surface area contributed by atoms with E-state index in [0.29, 0.717) is 11.3 Å². The molecule has 1 aliphatic rings. The molecule has 1 saturated heterocycles. The van der Waals surface area contributed by atoms with Crippen molar-refractivity contribution in [3.05, 3.63) is 113 Å². The number of carbonyl (C=O) groups is 2. The summed E-state index contributed by atoms with van der Waals surface area (Å²) in [4.78, 5) is 30.2. The highest BCUT2D eigenvalue weighted by Crippen LogP contribution is 2.42. The van der Waals surface area contributed by atoms with Crippen LogP contribution in [-0.4, -0.2) is 30.9 Å². The van der Waals surface area contributed by atoms with Crippen LogP contribution < -0.4 is 9.80 Å². The van der Waals surface area contributed by atoms with Gasteiger partial charge in [-0.2, -0.15) is 0 Å². The van der Waals surface area contributed by atoms with E-state index in [1.807, 2.05) is 111 Å². The second-order valence-electron chi connectivity index (χ2n) is 9.05. The van der Waals surface area contributed by atoms with Gasteiger partial charge in [-0.15, -0.1) is 0 Å². The first-order chi connectivity index (χ1) is 16.8. The number of nitrogens with zero attached hydrogens (tertiary/aromatic N) is 2. The van der Waals surface area contributed by atoms with Gasteiger partial charge in [-0.3, -0.25) is 14.5 Å². The molecule has 5 rings (SSSR count). The third-order valence-electron chi connectivity index (χ3n) is 6.50. The number of aliphatic hydroxyl groups is 1. The molecule has 0 bridgehead atoms. The topological polar surface area (TPSA) is 60.9 Å². The van der Waals surface area contributed by atoms with Crippen molar-refractivity contribution in [1.82, 2.24) is 0 Å². The number of carbonyl (C=O) groups excluding carboxylic acids is 2. The van der Waals surface area contributed by atoms with Gasteiger partial charge in [0.25, 0.3) is 11.7 Å². The Kier molecular flexibility index (Phi) is 5.61. The number of ketones is 1. The van der Waals surface area contributed by atoms with Gasteiger partial charge in [0.1, 0.15) is 5.76 Å². The number of aliphatic hydroxyl groups excluding tert-OH is 1. The molecule has 0 aromatic heterocycles. The summed E-state index contributed by atoms with van der Waals surface area (Å²) in [5, 5.41) is 13.4. The van der Waals surface area contributed by atoms with E-state index in [1.54, 1.807) is 6.07 Å². The molecular weight excluding hydrogens is 436 g/mol. The minimum absolute atomic E-state index is 0.0865. The van der Waals surface area contributed by atoms with Gasteiger partial charge in [0.05, 0.1) is 11.6 Å². The molecule has 1 heterocycles. The first kappa shape index (κ1) is 22.4. The molecule has 1 N–H and O–H groups in total. The van der Waals surface area contributed by atoms with Gasteiger partial charge in [0, 0.05) is 31.0 Å². The Hall–Kier alpha value is -4.38. The van der Waals surface area contributed by atoms with Crippen molar-refractivity contribution in [3.63, 3.8) is 0 Å². The van der Waals surface area contributed by atoms with Gasteiger partial charge < -0.3 is 10.0 Å². The van der Waals surface area contributed by atoms with E-state index in [0.717, 1.165) is 27.6 Å². The van der Waals surface area contributed by atoms with Crippen molar-refractivity contribution in [1.29, 1.82) is 0 Å². The maximum atomic E-state index is 13.4. The number of fused-ring (bicyclic) bond motifs is 1. The molecule has 5 nitrogen and oxygen atoms in total. The number of aryl methyl sites for hydroxylation is 1. The number of hydrogen-bond acceptors (Lipinski definition) is 4. The minimum Gasteiger partial charge on any atom is -0.507 e. The number of anilines is 2. The predicted octanol–water partition coefficient (Wildman–Crippen LogP) is 5.84. The van der Waals surface area contributed by atoms with Gasteiger partial charge >= 0.3 is 0 Å². The van der Waals surface area contributed by atoms with Crippen LogP contribution in [0.5, 0.6) is 0 Å². The molecule has 1 unspecified atom stereocenters. The minimum atomic E-state index is -0.750. The lowest BCUT2D eigenvalue weighted by molar-refractivity contribution is -0.132. The van der Waals surface area contributed by atoms with Crippen LogP contribution in [-0.2, 0) is 9.59 Å². The zero-order valence-electron chi connectivity index (χ0n) is 19.9. The second kappa shape index (κ2) is 8.76. The molecule has 0 radical (unpaired) electrons. The molecule has 0 aliphatic carbocycles. The van der Waals surface area contributed by atoms with E-state index in [-0.39, 0.29) is 11.3 Å². The van der Waals surface area contributed by atoms with E-state index in [9.17, 15) is 14.7 Å². The van der Waals surface area contributed by atoms with Crippen LogP contribution in [0.2, 0.25) is 0 Å². The van der Waals surface area contributed by atoms with Gasteiger partial charge in [-0.1, -0.05) is 66.2 Å². The third-order valence-corrected chi connectivity index (χ3v) is 6.50. The van der Waals surface area contributed by atoms with Crippen molar-refractivity contribution < 1.29 is 14.7 Å². The van der Waals surface area contributed by atoms with Crippen LogP contribution in [0.25, 0.3) is 16.5 Å². The summed E-state index contributed by atoms with van der Waals surface area (Å²) in [7, 11) is 3.90. The molecular formula is C30H26N2O3. The van der Waals surface area contributed by atoms with Crippen LogP contribution in [0, 0.1) is 6.92 Å². The zero-order valence-corrected chi connectivity index (χ0v) is 19.9. The fraction of sp³-hybridized carbons (Fsp3) is 0.133. The van der Waals surface area contributed by atoms with Crippen molar-refractivity contribution in [3.8, 4) is 0 Å². The molecule has 4 aromatic rings. The Bertz CT molecular complexity index is 1470.